The first-order valence-electron chi connectivity index (χ1n) is 3.87. The SMILES string of the molecule is CC.[C-]#[N+]c1ccc(C)cc1F. The number of aryl methyl sites for hydroxylation is 1. The first-order chi connectivity index (χ1) is 5.74. The molecular weight excluding hydrogens is 153 g/mol. The van der Waals surface area contributed by atoms with Crippen LogP contribution in [0.5, 0.6) is 0 Å². The Hall–Kier alpha value is -1.36. The average molecular weight is 165 g/mol. The zero-order chi connectivity index (χ0) is 9.56. The third-order valence-electron chi connectivity index (χ3n) is 1.22. The lowest BCUT2D eigenvalue weighted by atomic mass is 10.2. The van der Waals surface area contributed by atoms with E-state index >= 15 is 0 Å². The van der Waals surface area contributed by atoms with E-state index in [1.54, 1.807) is 13.0 Å². The maximum Gasteiger partial charge on any atom is 0.222 e. The Bertz CT molecular complexity index is 286. The summed E-state index contributed by atoms with van der Waals surface area (Å²) in [5, 5.41) is 0. The van der Waals surface area contributed by atoms with Crippen LogP contribution in [0.4, 0.5) is 10.1 Å². The highest BCUT2D eigenvalue weighted by Gasteiger charge is 1.98. The van der Waals surface area contributed by atoms with Gasteiger partial charge in [0.25, 0.3) is 0 Å². The van der Waals surface area contributed by atoms with Gasteiger partial charge in [-0.25, -0.2) is 9.24 Å². The van der Waals surface area contributed by atoms with Gasteiger partial charge >= 0.3 is 0 Å². The van der Waals surface area contributed by atoms with Crippen LogP contribution in [0.1, 0.15) is 19.4 Å². The van der Waals surface area contributed by atoms with Gasteiger partial charge in [0.1, 0.15) is 5.82 Å². The van der Waals surface area contributed by atoms with Crippen molar-refractivity contribution in [2.24, 2.45) is 0 Å². The van der Waals surface area contributed by atoms with Crippen LogP contribution < -0.4 is 0 Å². The van der Waals surface area contributed by atoms with E-state index in [1.165, 1.54) is 12.1 Å². The molecule has 0 saturated carbocycles. The molecule has 0 radical (unpaired) electrons. The van der Waals surface area contributed by atoms with Crippen LogP contribution in [-0.2, 0) is 0 Å². The predicted molar refractivity (Wildman–Crippen MR) is 48.7 cm³/mol. The lowest BCUT2D eigenvalue weighted by molar-refractivity contribution is 0.632. The lowest BCUT2D eigenvalue weighted by Crippen LogP contribution is -1.75. The minimum absolute atomic E-state index is 0.0885. The Balaban J connectivity index is 0.000000561. The van der Waals surface area contributed by atoms with Crippen LogP contribution in [0, 0.1) is 19.3 Å². The molecule has 1 aromatic rings. The quantitative estimate of drug-likeness (QED) is 0.516. The van der Waals surface area contributed by atoms with Crippen molar-refractivity contribution in [2.45, 2.75) is 20.8 Å². The van der Waals surface area contributed by atoms with Crippen molar-refractivity contribution in [1.29, 1.82) is 0 Å². The molecule has 12 heavy (non-hydrogen) atoms. The summed E-state index contributed by atoms with van der Waals surface area (Å²) in [6.07, 6.45) is 0. The third kappa shape index (κ3) is 2.71. The van der Waals surface area contributed by atoms with Gasteiger partial charge in [0.15, 0.2) is 0 Å². The fraction of sp³-hybridized carbons (Fsp3) is 0.300. The van der Waals surface area contributed by atoms with Crippen LogP contribution >= 0.6 is 0 Å². The highest BCUT2D eigenvalue weighted by Crippen LogP contribution is 2.17. The molecule has 0 N–H and O–H groups in total. The van der Waals surface area contributed by atoms with Gasteiger partial charge in [-0.1, -0.05) is 31.5 Å². The molecule has 0 amide bonds. The summed E-state index contributed by atoms with van der Waals surface area (Å²) in [5.74, 6) is -0.435. The summed E-state index contributed by atoms with van der Waals surface area (Å²) in [6, 6.07) is 4.56. The molecule has 1 nitrogen and oxygen atoms in total. The van der Waals surface area contributed by atoms with Gasteiger partial charge in [-0.05, 0) is 13.0 Å². The van der Waals surface area contributed by atoms with Crippen LogP contribution in [0.3, 0.4) is 0 Å². The van der Waals surface area contributed by atoms with E-state index < -0.39 is 5.82 Å². The Morgan fingerprint density at radius 3 is 2.33 bits per heavy atom. The standard InChI is InChI=1S/C8H6FN.C2H6/c1-6-3-4-8(10-2)7(9)5-6;1-2/h3-5H,1H3;1-2H3. The highest BCUT2D eigenvalue weighted by molar-refractivity contribution is 5.46. The fourth-order valence-corrected chi connectivity index (χ4v) is 0.703. The molecule has 0 aromatic heterocycles. The van der Waals surface area contributed by atoms with Crippen molar-refractivity contribution in [2.75, 3.05) is 0 Å². The van der Waals surface area contributed by atoms with E-state index in [1.807, 2.05) is 13.8 Å². The van der Waals surface area contributed by atoms with Crippen molar-refractivity contribution < 1.29 is 4.39 Å². The molecule has 0 fully saturated rings. The van der Waals surface area contributed by atoms with E-state index in [4.69, 9.17) is 6.57 Å². The Morgan fingerprint density at radius 2 is 1.92 bits per heavy atom. The minimum atomic E-state index is -0.435. The van der Waals surface area contributed by atoms with Gasteiger partial charge in [-0.2, -0.15) is 0 Å². The number of hydrogen-bond acceptors (Lipinski definition) is 0. The molecule has 1 aromatic carbocycles. The van der Waals surface area contributed by atoms with Gasteiger partial charge in [0.05, 0.1) is 6.57 Å². The first kappa shape index (κ1) is 10.6. The van der Waals surface area contributed by atoms with E-state index in [0.717, 1.165) is 5.56 Å². The van der Waals surface area contributed by atoms with E-state index in [9.17, 15) is 4.39 Å². The average Bonchev–Trinajstić information content (AvgIpc) is 2.08. The zero-order valence-corrected chi connectivity index (χ0v) is 7.56. The van der Waals surface area contributed by atoms with Crippen molar-refractivity contribution in [3.05, 3.63) is 41.0 Å². The summed E-state index contributed by atoms with van der Waals surface area (Å²) in [4.78, 5) is 2.99. The topological polar surface area (TPSA) is 4.36 Å². The molecule has 0 aliphatic rings. The molecule has 0 atom stereocenters. The lowest BCUT2D eigenvalue weighted by Gasteiger charge is -1.93. The summed E-state index contributed by atoms with van der Waals surface area (Å²) in [6.45, 7) is 12.3. The van der Waals surface area contributed by atoms with E-state index in [2.05, 4.69) is 4.85 Å². The first-order valence-corrected chi connectivity index (χ1v) is 3.87. The third-order valence-corrected chi connectivity index (χ3v) is 1.22. The number of benzene rings is 1. The van der Waals surface area contributed by atoms with Crippen molar-refractivity contribution in [3.63, 3.8) is 0 Å². The maximum atomic E-state index is 12.6. The largest absolute Gasteiger partial charge is 0.235 e. The molecule has 64 valence electrons. The van der Waals surface area contributed by atoms with Gasteiger partial charge in [-0.15, -0.1) is 0 Å². The molecule has 0 spiro atoms. The summed E-state index contributed by atoms with van der Waals surface area (Å²) >= 11 is 0. The van der Waals surface area contributed by atoms with Gasteiger partial charge in [-0.3, -0.25) is 0 Å². The summed E-state index contributed by atoms with van der Waals surface area (Å²) in [7, 11) is 0. The second-order valence-electron chi connectivity index (χ2n) is 2.07. The van der Waals surface area contributed by atoms with Crippen molar-refractivity contribution in [3.8, 4) is 0 Å². The molecule has 2 heteroatoms. The molecule has 0 bridgehead atoms. The number of hydrogen-bond donors (Lipinski definition) is 0. The molecule has 0 unspecified atom stereocenters. The van der Waals surface area contributed by atoms with Crippen molar-refractivity contribution in [1.82, 2.24) is 0 Å². The van der Waals surface area contributed by atoms with Crippen LogP contribution in [0.25, 0.3) is 4.85 Å². The maximum absolute atomic E-state index is 12.6. The molecule has 0 heterocycles. The van der Waals surface area contributed by atoms with Crippen LogP contribution in [0.15, 0.2) is 18.2 Å². The van der Waals surface area contributed by atoms with Gasteiger partial charge in [0, 0.05) is 0 Å². The number of nitrogens with zero attached hydrogens (tertiary/aromatic N) is 1. The van der Waals surface area contributed by atoms with Crippen LogP contribution in [0.2, 0.25) is 0 Å². The summed E-state index contributed by atoms with van der Waals surface area (Å²) in [5.41, 5.74) is 0.926. The van der Waals surface area contributed by atoms with Crippen LogP contribution in [-0.4, -0.2) is 0 Å². The molecule has 0 saturated heterocycles. The Kier molecular flexibility index (Phi) is 4.71. The minimum Gasteiger partial charge on any atom is -0.235 e. The Morgan fingerprint density at radius 1 is 1.33 bits per heavy atom. The second-order valence-corrected chi connectivity index (χ2v) is 2.07. The number of rotatable bonds is 0. The van der Waals surface area contributed by atoms with Gasteiger partial charge in [0.2, 0.25) is 5.69 Å². The highest BCUT2D eigenvalue weighted by atomic mass is 19.1. The molecule has 0 aliphatic carbocycles. The second kappa shape index (κ2) is 5.31. The summed E-state index contributed by atoms with van der Waals surface area (Å²) < 4.78 is 12.6. The zero-order valence-electron chi connectivity index (χ0n) is 7.56. The predicted octanol–water partition coefficient (Wildman–Crippen LogP) is 3.71. The molecule has 1 rings (SSSR count). The van der Waals surface area contributed by atoms with Gasteiger partial charge < -0.3 is 0 Å². The Labute approximate surface area is 72.7 Å². The number of halogens is 1. The van der Waals surface area contributed by atoms with Crippen molar-refractivity contribution >= 4 is 5.69 Å². The normalized spacial score (nSPS) is 7.92. The van der Waals surface area contributed by atoms with E-state index in [0.29, 0.717) is 0 Å². The molecule has 0 aliphatic heterocycles. The molecular formula is C10H12FN. The van der Waals surface area contributed by atoms with E-state index in [-0.39, 0.29) is 5.69 Å². The fourth-order valence-electron chi connectivity index (χ4n) is 0.703. The monoisotopic (exact) mass is 165 g/mol. The smallest absolute Gasteiger partial charge is 0.222 e.